The minimum absolute atomic E-state index is 0.0553. The number of hydrogen-bond donors (Lipinski definition) is 0. The second-order valence-electron chi connectivity index (χ2n) is 19.1. The smallest absolute Gasteiger partial charge is 0.357 e. The predicted octanol–water partition coefficient (Wildman–Crippen LogP) is 9.94. The van der Waals surface area contributed by atoms with E-state index in [1.54, 1.807) is 103 Å². The molecule has 2 aliphatic rings. The van der Waals surface area contributed by atoms with Gasteiger partial charge in [0, 0.05) is 12.5 Å². The number of aromatic nitrogens is 1. The van der Waals surface area contributed by atoms with Crippen LogP contribution in [0.25, 0.3) is 10.9 Å². The van der Waals surface area contributed by atoms with Crippen LogP contribution in [-0.4, -0.2) is 111 Å². The maximum atomic E-state index is 14.4. The van der Waals surface area contributed by atoms with Crippen molar-refractivity contribution < 1.29 is 71.3 Å². The first-order valence-electron chi connectivity index (χ1n) is 26.5. The van der Waals surface area contributed by atoms with Gasteiger partial charge >= 0.3 is 23.9 Å². The van der Waals surface area contributed by atoms with E-state index in [0.29, 0.717) is 5.52 Å². The fraction of sp³-hybridized carbons (Fsp3) is 0.246. The lowest BCUT2D eigenvalue weighted by Crippen LogP contribution is -2.63. The highest BCUT2D eigenvalue weighted by molar-refractivity contribution is 5.92. The third-order valence-electron chi connectivity index (χ3n) is 13.6. The van der Waals surface area contributed by atoms with Gasteiger partial charge in [-0.3, -0.25) is 0 Å². The normalized spacial score (nSPS) is 21.8. The second-order valence-corrected chi connectivity index (χ2v) is 19.1. The van der Waals surface area contributed by atoms with Crippen molar-refractivity contribution >= 4 is 34.8 Å². The zero-order chi connectivity index (χ0) is 55.8. The molecule has 16 nitrogen and oxygen atoms in total. The number of fused-ring (bicyclic) bond motifs is 1. The summed E-state index contributed by atoms with van der Waals surface area (Å²) in [5.41, 5.74) is 3.70. The van der Waals surface area contributed by atoms with Gasteiger partial charge in [0.05, 0.1) is 55.2 Å². The van der Waals surface area contributed by atoms with Gasteiger partial charge < -0.3 is 52.1 Å². The number of rotatable bonds is 23. The first kappa shape index (κ1) is 55.8. The van der Waals surface area contributed by atoms with Crippen LogP contribution in [0.1, 0.15) is 58.3 Å². The lowest BCUT2D eigenvalue weighted by molar-refractivity contribution is -0.303. The van der Waals surface area contributed by atoms with Crippen molar-refractivity contribution in [1.82, 2.24) is 4.98 Å². The largest absolute Gasteiger partial charge is 0.452 e. The Morgan fingerprint density at radius 1 is 0.444 bits per heavy atom. The summed E-state index contributed by atoms with van der Waals surface area (Å²) in [7, 11) is 1.33. The SMILES string of the molecule is CO[C@H]1O[C@H](COC2O[C@@H]([C@H](COCc3ccccc3)OC(=O)c3ccc4ccccc4n3)[C@H](OCc3ccccc3)[C@H]2OCc2ccccc2)[C@@H](OC(=O)c2ccccc2)[C@H](OC(=O)c2ccccc2)[C@H]1OC(=O)c1ccccc1. The van der Waals surface area contributed by atoms with E-state index >= 15 is 0 Å². The first-order chi connectivity index (χ1) is 39.8. The number of benzene rings is 7. The number of pyridine rings is 1. The quantitative estimate of drug-likeness (QED) is 0.0435. The summed E-state index contributed by atoms with van der Waals surface area (Å²) >= 11 is 0. The molecule has 0 radical (unpaired) electrons. The van der Waals surface area contributed by atoms with Gasteiger partial charge in [0.2, 0.25) is 0 Å². The third kappa shape index (κ3) is 14.5. The number of methoxy groups -OCH3 is 1. The molecule has 1 aromatic heterocycles. The molecule has 16 heteroatoms. The number of nitrogens with zero attached hydrogens (tertiary/aromatic N) is 1. The zero-order valence-corrected chi connectivity index (χ0v) is 44.2. The van der Waals surface area contributed by atoms with Crippen LogP contribution in [0.2, 0.25) is 0 Å². The van der Waals surface area contributed by atoms with E-state index in [0.717, 1.165) is 22.1 Å². The Balaban J connectivity index is 1.01. The number of esters is 4. The maximum absolute atomic E-state index is 14.4. The fourth-order valence-electron chi connectivity index (χ4n) is 9.51. The summed E-state index contributed by atoms with van der Waals surface area (Å²) in [4.78, 5) is 61.4. The summed E-state index contributed by atoms with van der Waals surface area (Å²) in [6, 6.07) is 64.0. The zero-order valence-electron chi connectivity index (χ0n) is 44.2. The lowest BCUT2D eigenvalue weighted by Gasteiger charge is -2.44. The van der Waals surface area contributed by atoms with Gasteiger partial charge in [0.25, 0.3) is 0 Å². The molecule has 3 heterocycles. The van der Waals surface area contributed by atoms with Crippen LogP contribution in [0, 0.1) is 0 Å². The van der Waals surface area contributed by atoms with E-state index in [1.807, 2.05) is 115 Å². The average molecular weight is 1090 g/mol. The number of carbonyl (C=O) groups excluding carboxylic acids is 4. The molecule has 0 saturated carbocycles. The van der Waals surface area contributed by atoms with Crippen LogP contribution in [-0.2, 0) is 71.9 Å². The maximum Gasteiger partial charge on any atom is 0.357 e. The molecule has 0 N–H and O–H groups in total. The minimum Gasteiger partial charge on any atom is -0.452 e. The summed E-state index contributed by atoms with van der Waals surface area (Å²) in [5, 5.41) is 0.837. The molecule has 81 heavy (non-hydrogen) atoms. The second kappa shape index (κ2) is 27.6. The highest BCUT2D eigenvalue weighted by Crippen LogP contribution is 2.36. The monoisotopic (exact) mass is 1090 g/mol. The van der Waals surface area contributed by atoms with Crippen molar-refractivity contribution in [2.75, 3.05) is 20.3 Å². The lowest BCUT2D eigenvalue weighted by atomic mass is 9.97. The van der Waals surface area contributed by atoms with Gasteiger partial charge in [-0.05, 0) is 65.2 Å². The molecule has 0 spiro atoms. The molecular weight excluding hydrogens is 1030 g/mol. The highest BCUT2D eigenvalue weighted by atomic mass is 16.8. The van der Waals surface area contributed by atoms with E-state index in [4.69, 9.17) is 52.1 Å². The van der Waals surface area contributed by atoms with Crippen molar-refractivity contribution in [3.05, 3.63) is 257 Å². The molecule has 0 aliphatic carbocycles. The van der Waals surface area contributed by atoms with E-state index < -0.39 is 91.9 Å². The van der Waals surface area contributed by atoms with Crippen LogP contribution in [0.15, 0.2) is 218 Å². The standard InChI is InChI=1S/C65H59NO15/c1-71-64-59(80-62(69)49-33-18-7-19-34-49)57(79-61(68)48-31-16-6-17-32-48)55(78-60(67)47-29-14-5-15-30-47)53(77-64)42-75-65-58(74-40-45-26-12-4-13-27-45)56(73-39-44-24-10-3-11-25-44)54(81-65)52(41-72-38-43-22-8-2-9-23-43)76-63(70)51-37-36-46-28-20-21-35-50(46)66-51/h2-37,52-59,64-65H,38-42H2,1H3/t52-,53+,54-,55+,56-,57-,58+,59+,64-,65?/m0/s1. The molecule has 2 fully saturated rings. The molecule has 0 bridgehead atoms. The van der Waals surface area contributed by atoms with Crippen LogP contribution in [0.4, 0.5) is 0 Å². The van der Waals surface area contributed by atoms with Crippen molar-refractivity contribution in [3.8, 4) is 0 Å². The van der Waals surface area contributed by atoms with Gasteiger partial charge in [-0.25, -0.2) is 24.2 Å². The molecule has 10 atom stereocenters. The van der Waals surface area contributed by atoms with Crippen molar-refractivity contribution in [2.45, 2.75) is 81.2 Å². The minimum atomic E-state index is -1.57. The highest BCUT2D eigenvalue weighted by Gasteiger charge is 2.56. The number of hydrogen-bond acceptors (Lipinski definition) is 16. The first-order valence-corrected chi connectivity index (χ1v) is 26.5. The van der Waals surface area contributed by atoms with Gasteiger partial charge in [0.1, 0.15) is 30.1 Å². The molecule has 1 unspecified atom stereocenters. The Kier molecular flexibility index (Phi) is 19.0. The van der Waals surface area contributed by atoms with E-state index in [2.05, 4.69) is 4.98 Å². The van der Waals surface area contributed by atoms with Crippen LogP contribution in [0.5, 0.6) is 0 Å². The molecule has 2 saturated heterocycles. The molecule has 0 amide bonds. The average Bonchev–Trinajstić information content (AvgIpc) is 3.89. The van der Waals surface area contributed by atoms with Crippen LogP contribution in [0.3, 0.4) is 0 Å². The van der Waals surface area contributed by atoms with Crippen molar-refractivity contribution in [1.29, 1.82) is 0 Å². The summed E-state index contributed by atoms with van der Waals surface area (Å²) < 4.78 is 71.3. The Bertz CT molecular complexity index is 3290. The Hall–Kier alpha value is -8.45. The topological polar surface area (TPSA) is 183 Å². The number of carbonyl (C=O) groups is 4. The third-order valence-corrected chi connectivity index (χ3v) is 13.6. The Labute approximate surface area is 468 Å². The van der Waals surface area contributed by atoms with Crippen LogP contribution < -0.4 is 0 Å². The Morgan fingerprint density at radius 2 is 0.914 bits per heavy atom. The number of para-hydroxylation sites is 1. The molecular formula is C65H59NO15. The van der Waals surface area contributed by atoms with E-state index in [1.165, 1.54) is 7.11 Å². The molecule has 10 rings (SSSR count). The predicted molar refractivity (Wildman–Crippen MR) is 294 cm³/mol. The van der Waals surface area contributed by atoms with E-state index in [9.17, 15) is 19.2 Å². The molecule has 8 aromatic rings. The van der Waals surface area contributed by atoms with Gasteiger partial charge in [0.15, 0.2) is 37.0 Å². The fourth-order valence-corrected chi connectivity index (χ4v) is 9.51. The van der Waals surface area contributed by atoms with Crippen molar-refractivity contribution in [3.63, 3.8) is 0 Å². The van der Waals surface area contributed by atoms with E-state index in [-0.39, 0.29) is 48.8 Å². The molecule has 414 valence electrons. The molecule has 7 aromatic carbocycles. The van der Waals surface area contributed by atoms with Gasteiger partial charge in [-0.15, -0.1) is 0 Å². The Morgan fingerprint density at radius 3 is 1.46 bits per heavy atom. The summed E-state index contributed by atoms with van der Waals surface area (Å²) in [5.74, 6) is -3.16. The summed E-state index contributed by atoms with van der Waals surface area (Å²) in [6.07, 6.45) is -13.1. The van der Waals surface area contributed by atoms with Crippen LogP contribution >= 0.6 is 0 Å². The van der Waals surface area contributed by atoms with Gasteiger partial charge in [-0.2, -0.15) is 0 Å². The van der Waals surface area contributed by atoms with Crippen molar-refractivity contribution in [2.24, 2.45) is 0 Å². The van der Waals surface area contributed by atoms with Gasteiger partial charge in [-0.1, -0.05) is 170 Å². The summed E-state index contributed by atoms with van der Waals surface area (Å²) in [6.45, 7) is -0.303. The number of ether oxygens (including phenoxy) is 11. The molecule has 2 aliphatic heterocycles.